The number of halogens is 6. The molecule has 0 fully saturated rings. The van der Waals surface area contributed by atoms with Crippen molar-refractivity contribution in [3.05, 3.63) is 51.5 Å². The SMILES string of the molecule is Cc1cc2c(c3c(=O)oc(-c4cc(OCC(F)(F)F)nn4-c4ncccc4Cl)nc13)OC(F)(F)O2. The molecule has 0 spiro atoms. The van der Waals surface area contributed by atoms with Crippen LogP contribution in [0.4, 0.5) is 22.0 Å². The summed E-state index contributed by atoms with van der Waals surface area (Å²) in [6.07, 6.45) is -7.30. The van der Waals surface area contributed by atoms with Crippen LogP contribution < -0.4 is 19.8 Å². The van der Waals surface area contributed by atoms with E-state index < -0.39 is 47.6 Å². The molecule has 3 aromatic heterocycles. The molecule has 0 bridgehead atoms. The van der Waals surface area contributed by atoms with Gasteiger partial charge in [0, 0.05) is 12.3 Å². The summed E-state index contributed by atoms with van der Waals surface area (Å²) in [4.78, 5) is 21.1. The first-order chi connectivity index (χ1) is 16.4. The molecular weight excluding hydrogens is 507 g/mol. The van der Waals surface area contributed by atoms with Gasteiger partial charge in [-0.3, -0.25) is 0 Å². The van der Waals surface area contributed by atoms with Gasteiger partial charge in [-0.05, 0) is 30.7 Å². The number of pyridine rings is 1. The van der Waals surface area contributed by atoms with Crippen molar-refractivity contribution in [2.45, 2.75) is 19.4 Å². The summed E-state index contributed by atoms with van der Waals surface area (Å²) in [5.74, 6) is -1.88. The van der Waals surface area contributed by atoms with Crippen LogP contribution in [0.3, 0.4) is 0 Å². The molecule has 0 unspecified atom stereocenters. The number of ether oxygens (including phenoxy) is 3. The van der Waals surface area contributed by atoms with E-state index >= 15 is 0 Å². The van der Waals surface area contributed by atoms with Crippen molar-refractivity contribution in [2.24, 2.45) is 0 Å². The highest BCUT2D eigenvalue weighted by Crippen LogP contribution is 2.45. The second-order valence-corrected chi connectivity index (χ2v) is 7.62. The Balaban J connectivity index is 1.70. The zero-order valence-electron chi connectivity index (χ0n) is 17.2. The van der Waals surface area contributed by atoms with Gasteiger partial charge in [0.05, 0.1) is 10.5 Å². The largest absolute Gasteiger partial charge is 0.586 e. The Bertz CT molecular complexity index is 1540. The zero-order valence-corrected chi connectivity index (χ0v) is 17.9. The Labute approximate surface area is 195 Å². The maximum atomic E-state index is 13.6. The topological polar surface area (TPSA) is 102 Å². The second-order valence-electron chi connectivity index (χ2n) is 7.21. The van der Waals surface area contributed by atoms with Crippen molar-refractivity contribution in [3.63, 3.8) is 0 Å². The fourth-order valence-electron chi connectivity index (χ4n) is 3.34. The van der Waals surface area contributed by atoms with Gasteiger partial charge in [0.1, 0.15) is 11.1 Å². The van der Waals surface area contributed by atoms with Gasteiger partial charge in [0.15, 0.2) is 23.9 Å². The quantitative estimate of drug-likeness (QED) is 0.361. The van der Waals surface area contributed by atoms with Gasteiger partial charge >= 0.3 is 18.1 Å². The van der Waals surface area contributed by atoms with E-state index in [9.17, 15) is 26.7 Å². The Morgan fingerprint density at radius 2 is 2.00 bits per heavy atom. The molecule has 0 atom stereocenters. The number of nitrogens with zero attached hydrogens (tertiary/aromatic N) is 4. The smallest absolute Gasteiger partial charge is 0.467 e. The third kappa shape index (κ3) is 4.20. The van der Waals surface area contributed by atoms with E-state index in [1.54, 1.807) is 0 Å². The van der Waals surface area contributed by atoms with Crippen LogP contribution in [0.5, 0.6) is 17.4 Å². The molecule has 0 aliphatic carbocycles. The van der Waals surface area contributed by atoms with Crippen molar-refractivity contribution in [3.8, 4) is 34.8 Å². The number of rotatable bonds is 4. The lowest BCUT2D eigenvalue weighted by Gasteiger charge is -2.08. The number of alkyl halides is 5. The summed E-state index contributed by atoms with van der Waals surface area (Å²) < 4.78 is 84.9. The van der Waals surface area contributed by atoms with Gasteiger partial charge in [0.25, 0.3) is 0 Å². The van der Waals surface area contributed by atoms with Gasteiger partial charge < -0.3 is 18.6 Å². The van der Waals surface area contributed by atoms with Crippen molar-refractivity contribution in [1.29, 1.82) is 0 Å². The third-order valence-corrected chi connectivity index (χ3v) is 4.99. The number of aryl methyl sites for hydroxylation is 1. The molecule has 0 radical (unpaired) electrons. The van der Waals surface area contributed by atoms with Gasteiger partial charge in [-0.15, -0.1) is 13.9 Å². The van der Waals surface area contributed by atoms with Gasteiger partial charge in [-0.2, -0.15) is 13.2 Å². The van der Waals surface area contributed by atoms with E-state index in [0.717, 1.165) is 10.7 Å². The molecule has 0 saturated heterocycles. The van der Waals surface area contributed by atoms with Crippen molar-refractivity contribution < 1.29 is 40.6 Å². The van der Waals surface area contributed by atoms with Crippen LogP contribution in [0.1, 0.15) is 5.56 Å². The number of fused-ring (bicyclic) bond motifs is 3. The van der Waals surface area contributed by atoms with Crippen molar-refractivity contribution >= 4 is 22.5 Å². The highest BCUT2D eigenvalue weighted by Gasteiger charge is 2.45. The predicted molar refractivity (Wildman–Crippen MR) is 108 cm³/mol. The van der Waals surface area contributed by atoms with Crippen LogP contribution in [0.25, 0.3) is 28.3 Å². The maximum Gasteiger partial charge on any atom is 0.586 e. The average Bonchev–Trinajstić information content (AvgIpc) is 3.31. The van der Waals surface area contributed by atoms with Crippen LogP contribution >= 0.6 is 11.6 Å². The van der Waals surface area contributed by atoms with Crippen molar-refractivity contribution in [2.75, 3.05) is 6.61 Å². The number of hydrogen-bond donors (Lipinski definition) is 0. The number of benzene rings is 1. The molecule has 182 valence electrons. The van der Waals surface area contributed by atoms with Crippen LogP contribution in [0.15, 0.2) is 39.7 Å². The Morgan fingerprint density at radius 1 is 1.23 bits per heavy atom. The fraction of sp³-hybridized carbons (Fsp3) is 0.200. The Hall–Kier alpha value is -3.94. The Kier molecular flexibility index (Phi) is 5.09. The molecule has 0 saturated carbocycles. The van der Waals surface area contributed by atoms with Gasteiger partial charge in [-0.1, -0.05) is 11.6 Å². The lowest BCUT2D eigenvalue weighted by molar-refractivity contribution is -0.286. The molecule has 0 N–H and O–H groups in total. The summed E-state index contributed by atoms with van der Waals surface area (Å²) in [7, 11) is 0. The van der Waals surface area contributed by atoms with Crippen LogP contribution in [0.2, 0.25) is 5.02 Å². The Morgan fingerprint density at radius 3 is 2.71 bits per heavy atom. The first kappa shape index (κ1) is 22.8. The molecule has 5 rings (SSSR count). The fourth-order valence-corrected chi connectivity index (χ4v) is 3.54. The number of aromatic nitrogens is 4. The molecule has 35 heavy (non-hydrogen) atoms. The molecular formula is C20H10ClF5N4O5. The minimum Gasteiger partial charge on any atom is -0.467 e. The summed E-state index contributed by atoms with van der Waals surface area (Å²) in [6.45, 7) is -0.172. The third-order valence-electron chi connectivity index (χ3n) is 4.69. The summed E-state index contributed by atoms with van der Waals surface area (Å²) in [5, 5.41) is 3.58. The number of hydrogen-bond acceptors (Lipinski definition) is 8. The van der Waals surface area contributed by atoms with Gasteiger partial charge in [-0.25, -0.2) is 19.4 Å². The molecule has 4 heterocycles. The minimum absolute atomic E-state index is 0.0300. The minimum atomic E-state index is -4.65. The summed E-state index contributed by atoms with van der Waals surface area (Å²) in [6, 6.07) is 5.18. The second kappa shape index (κ2) is 7.80. The normalized spacial score (nSPS) is 14.5. The first-order valence-corrected chi connectivity index (χ1v) is 9.95. The molecule has 9 nitrogen and oxygen atoms in total. The van der Waals surface area contributed by atoms with Crippen LogP contribution in [-0.4, -0.2) is 38.8 Å². The molecule has 1 aliphatic heterocycles. The average molecular weight is 517 g/mol. The van der Waals surface area contributed by atoms with E-state index in [1.807, 2.05) is 0 Å². The highest BCUT2D eigenvalue weighted by atomic mass is 35.5. The monoisotopic (exact) mass is 516 g/mol. The lowest BCUT2D eigenvalue weighted by Crippen LogP contribution is -2.26. The van der Waals surface area contributed by atoms with Gasteiger partial charge in [0.2, 0.25) is 11.8 Å². The van der Waals surface area contributed by atoms with E-state index in [1.165, 1.54) is 31.3 Å². The highest BCUT2D eigenvalue weighted by molar-refractivity contribution is 6.32. The van der Waals surface area contributed by atoms with E-state index in [4.69, 9.17) is 20.8 Å². The molecule has 4 aromatic rings. The predicted octanol–water partition coefficient (Wildman–Crippen LogP) is 4.66. The first-order valence-electron chi connectivity index (χ1n) is 9.57. The molecule has 0 amide bonds. The standard InChI is InChI=1S/C20H10ClF5N4O5/c1-8-5-11-15(35-20(25,26)34-11)13-14(8)28-17(33-18(13)31)10-6-12(32-7-19(22,23)24)29-30(10)16-9(21)3-2-4-27-16/h2-6H,7H2,1H3. The summed E-state index contributed by atoms with van der Waals surface area (Å²) in [5.41, 5.74) is -1.09. The van der Waals surface area contributed by atoms with E-state index in [-0.39, 0.29) is 33.4 Å². The lowest BCUT2D eigenvalue weighted by atomic mass is 10.1. The maximum absolute atomic E-state index is 13.6. The summed E-state index contributed by atoms with van der Waals surface area (Å²) >= 11 is 6.16. The molecule has 1 aliphatic rings. The van der Waals surface area contributed by atoms with Crippen LogP contribution in [0, 0.1) is 6.92 Å². The van der Waals surface area contributed by atoms with E-state index in [2.05, 4.69) is 24.5 Å². The molecule has 15 heteroatoms. The van der Waals surface area contributed by atoms with Crippen LogP contribution in [-0.2, 0) is 0 Å². The van der Waals surface area contributed by atoms with E-state index in [0.29, 0.717) is 0 Å². The molecule has 1 aromatic carbocycles. The van der Waals surface area contributed by atoms with Crippen molar-refractivity contribution in [1.82, 2.24) is 19.7 Å². The zero-order chi connectivity index (χ0) is 25.1.